The molecular weight excluding hydrogens is 383 g/mol. The van der Waals surface area contributed by atoms with Crippen molar-refractivity contribution in [2.24, 2.45) is 0 Å². The minimum absolute atomic E-state index is 0.353. The van der Waals surface area contributed by atoms with Gasteiger partial charge in [0.05, 0.1) is 13.2 Å². The van der Waals surface area contributed by atoms with Gasteiger partial charge in [-0.3, -0.25) is 4.57 Å². The van der Waals surface area contributed by atoms with Gasteiger partial charge in [0.25, 0.3) is 0 Å². The largest absolute Gasteiger partial charge is 0.345 e. The fourth-order valence-corrected chi connectivity index (χ4v) is 11.5. The Hall–Kier alpha value is -0.853. The van der Waals surface area contributed by atoms with Crippen molar-refractivity contribution in [2.45, 2.75) is 84.1 Å². The molecule has 0 aromatic heterocycles. The molecule has 28 heavy (non-hydrogen) atoms. The molecule has 0 fully saturated rings. The summed E-state index contributed by atoms with van der Waals surface area (Å²) in [6.45, 7) is 18.2. The molecule has 0 amide bonds. The number of benzene rings is 1. The summed E-state index contributed by atoms with van der Waals surface area (Å²) in [4.78, 5) is 0. The van der Waals surface area contributed by atoms with Crippen molar-refractivity contribution in [2.75, 3.05) is 13.2 Å². The maximum atomic E-state index is 13.6. The Balaban J connectivity index is 3.47. The fourth-order valence-electron chi connectivity index (χ4n) is 4.30. The lowest BCUT2D eigenvalue weighted by atomic mass is 10.1. The van der Waals surface area contributed by atoms with Gasteiger partial charge in [-0.15, -0.1) is 5.54 Å². The molecule has 5 heteroatoms. The summed E-state index contributed by atoms with van der Waals surface area (Å²) >= 11 is 0. The van der Waals surface area contributed by atoms with Crippen molar-refractivity contribution in [3.8, 4) is 11.5 Å². The third-order valence-electron chi connectivity index (χ3n) is 5.59. The fraction of sp³-hybridized carbons (Fsp3) is 0.652. The van der Waals surface area contributed by atoms with Gasteiger partial charge in [-0.25, -0.2) is 0 Å². The predicted molar refractivity (Wildman–Crippen MR) is 124 cm³/mol. The predicted octanol–water partition coefficient (Wildman–Crippen LogP) is 7.09. The highest BCUT2D eigenvalue weighted by molar-refractivity contribution is 7.55. The van der Waals surface area contributed by atoms with Crippen LogP contribution < -0.4 is 0 Å². The van der Waals surface area contributed by atoms with Crippen molar-refractivity contribution in [1.29, 1.82) is 0 Å². The molecule has 0 N–H and O–H groups in total. The van der Waals surface area contributed by atoms with Gasteiger partial charge in [0.2, 0.25) is 0 Å². The summed E-state index contributed by atoms with van der Waals surface area (Å²) in [5.74, 6) is 3.46. The normalized spacial score (nSPS) is 13.7. The smallest absolute Gasteiger partial charge is 0.308 e. The monoisotopic (exact) mass is 422 g/mol. The van der Waals surface area contributed by atoms with E-state index < -0.39 is 21.3 Å². The lowest BCUT2D eigenvalue weighted by Gasteiger charge is -2.38. The molecule has 1 atom stereocenters. The lowest BCUT2D eigenvalue weighted by Crippen LogP contribution is -2.43. The zero-order valence-electron chi connectivity index (χ0n) is 19.0. The molecule has 0 bridgehead atoms. The van der Waals surface area contributed by atoms with Crippen LogP contribution in [-0.4, -0.2) is 26.9 Å². The molecule has 0 aliphatic carbocycles. The van der Waals surface area contributed by atoms with Crippen LogP contribution in [0.2, 0.25) is 16.6 Å². The Morgan fingerprint density at radius 2 is 1.36 bits per heavy atom. The van der Waals surface area contributed by atoms with Crippen LogP contribution in [0.1, 0.15) is 61.0 Å². The van der Waals surface area contributed by atoms with Crippen molar-refractivity contribution < 1.29 is 13.6 Å². The highest BCUT2D eigenvalue weighted by Gasteiger charge is 2.42. The second kappa shape index (κ2) is 11.4. The molecule has 1 aromatic carbocycles. The molecule has 0 spiro atoms. The Kier molecular flexibility index (Phi) is 10.2. The van der Waals surface area contributed by atoms with E-state index in [9.17, 15) is 4.57 Å². The molecule has 1 aromatic rings. The molecule has 0 aliphatic heterocycles. The van der Waals surface area contributed by atoms with E-state index in [1.807, 2.05) is 32.0 Å². The van der Waals surface area contributed by atoms with Gasteiger partial charge in [0.15, 0.2) is 0 Å². The molecule has 0 saturated heterocycles. The van der Waals surface area contributed by atoms with Gasteiger partial charge < -0.3 is 9.05 Å². The number of hydrogen-bond donors (Lipinski definition) is 0. The quantitative estimate of drug-likeness (QED) is 0.229. The van der Waals surface area contributed by atoms with Crippen molar-refractivity contribution in [1.82, 2.24) is 0 Å². The molecule has 158 valence electrons. The molecule has 1 rings (SSSR count). The highest BCUT2D eigenvalue weighted by Crippen LogP contribution is 2.54. The van der Waals surface area contributed by atoms with Gasteiger partial charge in [-0.1, -0.05) is 77.8 Å². The first-order valence-electron chi connectivity index (χ1n) is 10.6. The molecule has 0 unspecified atom stereocenters. The zero-order valence-corrected chi connectivity index (χ0v) is 20.9. The topological polar surface area (TPSA) is 35.5 Å². The van der Waals surface area contributed by atoms with Crippen LogP contribution in [0.4, 0.5) is 0 Å². The summed E-state index contributed by atoms with van der Waals surface area (Å²) in [5, 5.41) is 0. The standard InChI is InChI=1S/C23H39O3PSi/c1-9-25-27(24,26-10-2)23(18-22-14-12-11-13-15-22)16-17-28(19(3)4,20(5)6)21(7)8/h11-15,19-21,23H,9-10,18H2,1-8H3/t23-/m0/s1. The second-order valence-electron chi connectivity index (χ2n) is 8.25. The van der Waals surface area contributed by atoms with Gasteiger partial charge in [0, 0.05) is 0 Å². The van der Waals surface area contributed by atoms with E-state index in [0.717, 1.165) is 5.56 Å². The van der Waals surface area contributed by atoms with Crippen molar-refractivity contribution in [3.63, 3.8) is 0 Å². The first-order chi connectivity index (χ1) is 13.1. The van der Waals surface area contributed by atoms with Crippen LogP contribution in [-0.2, 0) is 20.0 Å². The molecule has 0 saturated carbocycles. The number of hydrogen-bond acceptors (Lipinski definition) is 3. The average Bonchev–Trinajstić information content (AvgIpc) is 2.61. The van der Waals surface area contributed by atoms with E-state index in [0.29, 0.717) is 36.3 Å². The van der Waals surface area contributed by atoms with Crippen LogP contribution >= 0.6 is 7.60 Å². The van der Waals surface area contributed by atoms with E-state index >= 15 is 0 Å². The summed E-state index contributed by atoms with van der Waals surface area (Å²) in [7, 11) is -5.25. The summed E-state index contributed by atoms with van der Waals surface area (Å²) in [6, 6.07) is 10.1. The second-order valence-corrected chi connectivity index (χ2v) is 16.0. The molecule has 3 nitrogen and oxygen atoms in total. The van der Waals surface area contributed by atoms with Gasteiger partial charge >= 0.3 is 7.60 Å². The summed E-state index contributed by atoms with van der Waals surface area (Å²) in [5.41, 5.74) is 5.96. The van der Waals surface area contributed by atoms with Gasteiger partial charge in [-0.2, -0.15) is 0 Å². The average molecular weight is 423 g/mol. The first kappa shape index (κ1) is 25.2. The van der Waals surface area contributed by atoms with E-state index in [1.54, 1.807) is 0 Å². The van der Waals surface area contributed by atoms with Gasteiger partial charge in [0.1, 0.15) is 13.7 Å². The lowest BCUT2D eigenvalue weighted by molar-refractivity contribution is 0.216. The van der Waals surface area contributed by atoms with Gasteiger partial charge in [-0.05, 0) is 42.5 Å². The van der Waals surface area contributed by atoms with Crippen LogP contribution in [0, 0.1) is 11.5 Å². The number of rotatable bonds is 10. The summed E-state index contributed by atoms with van der Waals surface area (Å²) < 4.78 is 25.0. The Labute approximate surface area is 174 Å². The third-order valence-corrected chi connectivity index (χ3v) is 14.2. The van der Waals surface area contributed by atoms with Crippen LogP contribution in [0.3, 0.4) is 0 Å². The van der Waals surface area contributed by atoms with E-state index in [4.69, 9.17) is 9.05 Å². The Morgan fingerprint density at radius 3 is 1.75 bits per heavy atom. The first-order valence-corrected chi connectivity index (χ1v) is 14.4. The van der Waals surface area contributed by atoms with Crippen LogP contribution in [0.25, 0.3) is 0 Å². The van der Waals surface area contributed by atoms with Crippen molar-refractivity contribution >= 4 is 15.7 Å². The van der Waals surface area contributed by atoms with Crippen LogP contribution in [0.5, 0.6) is 0 Å². The van der Waals surface area contributed by atoms with E-state index in [1.165, 1.54) is 0 Å². The summed E-state index contributed by atoms with van der Waals surface area (Å²) in [6.07, 6.45) is 0.573. The molecule has 0 radical (unpaired) electrons. The maximum Gasteiger partial charge on any atom is 0.345 e. The highest BCUT2D eigenvalue weighted by atomic mass is 31.2. The van der Waals surface area contributed by atoms with Crippen LogP contribution in [0.15, 0.2) is 30.3 Å². The zero-order chi connectivity index (χ0) is 21.4. The molecule has 0 aliphatic rings. The van der Waals surface area contributed by atoms with Crippen molar-refractivity contribution in [3.05, 3.63) is 35.9 Å². The maximum absolute atomic E-state index is 13.6. The minimum Gasteiger partial charge on any atom is -0.308 e. The SMILES string of the molecule is CCOP(=O)(OCC)[C@@H](C#C[Si](C(C)C)(C(C)C)C(C)C)Cc1ccccc1. The van der Waals surface area contributed by atoms with E-state index in [2.05, 4.69) is 65.1 Å². The minimum atomic E-state index is -3.32. The Bertz CT molecular complexity index is 657. The molecular formula is C23H39O3PSi. The van der Waals surface area contributed by atoms with E-state index in [-0.39, 0.29) is 0 Å². The molecule has 0 heterocycles. The third kappa shape index (κ3) is 6.07. The Morgan fingerprint density at radius 1 is 0.893 bits per heavy atom.